The van der Waals surface area contributed by atoms with E-state index in [9.17, 15) is 14.7 Å². The maximum atomic E-state index is 12.1. The third-order valence-corrected chi connectivity index (χ3v) is 4.29. The Labute approximate surface area is 124 Å². The van der Waals surface area contributed by atoms with Crippen molar-refractivity contribution in [1.29, 1.82) is 0 Å². The number of fused-ring (bicyclic) bond motifs is 1. The molecule has 0 aromatic heterocycles. The lowest BCUT2D eigenvalue weighted by molar-refractivity contribution is -0.157. The zero-order valence-corrected chi connectivity index (χ0v) is 12.4. The molecule has 120 valence electrons. The Balaban J connectivity index is 1.85. The van der Waals surface area contributed by atoms with Gasteiger partial charge in [0.05, 0.1) is 25.2 Å². The van der Waals surface area contributed by atoms with Crippen molar-refractivity contribution >= 4 is 11.9 Å². The van der Waals surface area contributed by atoms with E-state index in [2.05, 4.69) is 0 Å². The van der Waals surface area contributed by atoms with E-state index in [1.807, 2.05) is 6.92 Å². The maximum absolute atomic E-state index is 12.1. The molecular formula is C14H23NO6. The largest absolute Gasteiger partial charge is 0.481 e. The van der Waals surface area contributed by atoms with E-state index in [1.165, 1.54) is 0 Å². The van der Waals surface area contributed by atoms with Gasteiger partial charge in [-0.2, -0.15) is 0 Å². The number of carboxylic acid groups (broad SMARTS) is 1. The van der Waals surface area contributed by atoms with E-state index < -0.39 is 11.4 Å². The first kappa shape index (κ1) is 16.2. The summed E-state index contributed by atoms with van der Waals surface area (Å²) in [5.74, 6) is -1.12. The number of carbonyl (C=O) groups excluding carboxylic acids is 1. The predicted octanol–water partition coefficient (Wildman–Crippen LogP) is -0.0108. The molecule has 0 spiro atoms. The Morgan fingerprint density at radius 2 is 2.14 bits per heavy atom. The molecule has 0 bridgehead atoms. The SMILES string of the molecule is CCOCCOCC(=O)N1C[C@H]2COCC[C@@]2(C(=O)O)C1. The van der Waals surface area contributed by atoms with Crippen molar-refractivity contribution in [2.75, 3.05) is 52.7 Å². The van der Waals surface area contributed by atoms with Crippen LogP contribution in [0.3, 0.4) is 0 Å². The van der Waals surface area contributed by atoms with Crippen LogP contribution in [-0.2, 0) is 23.8 Å². The van der Waals surface area contributed by atoms with Gasteiger partial charge in [-0.05, 0) is 13.3 Å². The molecule has 21 heavy (non-hydrogen) atoms. The smallest absolute Gasteiger partial charge is 0.311 e. The van der Waals surface area contributed by atoms with Crippen LogP contribution in [0.15, 0.2) is 0 Å². The number of hydrogen-bond donors (Lipinski definition) is 1. The summed E-state index contributed by atoms with van der Waals surface area (Å²) < 4.78 is 15.7. The molecular weight excluding hydrogens is 278 g/mol. The first-order valence-corrected chi connectivity index (χ1v) is 7.34. The third-order valence-electron chi connectivity index (χ3n) is 4.29. The van der Waals surface area contributed by atoms with E-state index in [-0.39, 0.29) is 25.0 Å². The van der Waals surface area contributed by atoms with E-state index in [0.717, 1.165) is 0 Å². The molecule has 0 aromatic carbocycles. The fraction of sp³-hybridized carbons (Fsp3) is 0.857. The normalized spacial score (nSPS) is 28.4. The monoisotopic (exact) mass is 301 g/mol. The third kappa shape index (κ3) is 3.53. The average Bonchev–Trinajstić information content (AvgIpc) is 2.88. The number of ether oxygens (including phenoxy) is 3. The standard InChI is InChI=1S/C14H23NO6/c1-2-19-5-6-21-9-12(16)15-7-11-8-20-4-3-14(11,10-15)13(17)18/h11H,2-10H2,1H3,(H,17,18)/t11-,14+/m0/s1. The Morgan fingerprint density at radius 1 is 1.38 bits per heavy atom. The first-order valence-electron chi connectivity index (χ1n) is 7.34. The second-order valence-corrected chi connectivity index (χ2v) is 5.51. The lowest BCUT2D eigenvalue weighted by atomic mass is 9.74. The van der Waals surface area contributed by atoms with Crippen molar-refractivity contribution in [3.05, 3.63) is 0 Å². The highest BCUT2D eigenvalue weighted by Gasteiger charge is 2.54. The Morgan fingerprint density at radius 3 is 2.81 bits per heavy atom. The van der Waals surface area contributed by atoms with Crippen LogP contribution < -0.4 is 0 Å². The van der Waals surface area contributed by atoms with Gasteiger partial charge in [-0.3, -0.25) is 9.59 Å². The number of amides is 1. The van der Waals surface area contributed by atoms with Crippen LogP contribution in [-0.4, -0.2) is 74.6 Å². The van der Waals surface area contributed by atoms with Gasteiger partial charge in [-0.25, -0.2) is 0 Å². The van der Waals surface area contributed by atoms with Gasteiger partial charge in [-0.15, -0.1) is 0 Å². The summed E-state index contributed by atoms with van der Waals surface area (Å²) in [4.78, 5) is 25.3. The fourth-order valence-corrected chi connectivity index (χ4v) is 3.00. The van der Waals surface area contributed by atoms with Crippen molar-refractivity contribution in [2.45, 2.75) is 13.3 Å². The lowest BCUT2D eigenvalue weighted by Crippen LogP contribution is -2.45. The van der Waals surface area contributed by atoms with Gasteiger partial charge in [0.25, 0.3) is 0 Å². The second-order valence-electron chi connectivity index (χ2n) is 5.51. The van der Waals surface area contributed by atoms with Gasteiger partial charge in [-0.1, -0.05) is 0 Å². The summed E-state index contributed by atoms with van der Waals surface area (Å²) in [6.45, 7) is 4.83. The molecule has 0 aliphatic carbocycles. The van der Waals surface area contributed by atoms with E-state index in [0.29, 0.717) is 46.0 Å². The molecule has 0 saturated carbocycles. The molecule has 1 N–H and O–H groups in total. The van der Waals surface area contributed by atoms with Crippen LogP contribution >= 0.6 is 0 Å². The van der Waals surface area contributed by atoms with Crippen LogP contribution in [0, 0.1) is 11.3 Å². The highest BCUT2D eigenvalue weighted by Crippen LogP contribution is 2.42. The van der Waals surface area contributed by atoms with Crippen LogP contribution in [0.4, 0.5) is 0 Å². The molecule has 2 saturated heterocycles. The molecule has 2 atom stereocenters. The number of carboxylic acids is 1. The highest BCUT2D eigenvalue weighted by molar-refractivity contribution is 5.81. The van der Waals surface area contributed by atoms with Gasteiger partial charge in [0, 0.05) is 32.2 Å². The Kier molecular flexibility index (Phi) is 5.55. The summed E-state index contributed by atoms with van der Waals surface area (Å²) in [5.41, 5.74) is -0.848. The number of likely N-dealkylation sites (tertiary alicyclic amines) is 1. The molecule has 2 rings (SSSR count). The van der Waals surface area contributed by atoms with E-state index in [1.54, 1.807) is 4.90 Å². The summed E-state index contributed by atoms with van der Waals surface area (Å²) in [6.07, 6.45) is 0.460. The molecule has 7 nitrogen and oxygen atoms in total. The van der Waals surface area contributed by atoms with Gasteiger partial charge < -0.3 is 24.2 Å². The van der Waals surface area contributed by atoms with Crippen LogP contribution in [0.1, 0.15) is 13.3 Å². The minimum absolute atomic E-state index is 0.0314. The molecule has 1 amide bonds. The van der Waals surface area contributed by atoms with Crippen molar-refractivity contribution in [2.24, 2.45) is 11.3 Å². The number of rotatable bonds is 7. The molecule has 0 radical (unpaired) electrons. The zero-order valence-electron chi connectivity index (χ0n) is 12.4. The molecule has 0 unspecified atom stereocenters. The summed E-state index contributed by atoms with van der Waals surface area (Å²) in [7, 11) is 0. The minimum Gasteiger partial charge on any atom is -0.481 e. The zero-order chi connectivity index (χ0) is 15.3. The van der Waals surface area contributed by atoms with Crippen LogP contribution in [0.5, 0.6) is 0 Å². The predicted molar refractivity (Wildman–Crippen MR) is 72.9 cm³/mol. The lowest BCUT2D eigenvalue weighted by Gasteiger charge is -2.33. The Bertz CT molecular complexity index is 388. The minimum atomic E-state index is -0.848. The van der Waals surface area contributed by atoms with Crippen molar-refractivity contribution < 1.29 is 28.9 Å². The molecule has 2 aliphatic rings. The summed E-state index contributed by atoms with van der Waals surface area (Å²) in [5, 5.41) is 9.53. The molecule has 7 heteroatoms. The average molecular weight is 301 g/mol. The first-order chi connectivity index (χ1) is 10.1. The quantitative estimate of drug-likeness (QED) is 0.666. The number of aliphatic carboxylic acids is 1. The van der Waals surface area contributed by atoms with Crippen molar-refractivity contribution in [1.82, 2.24) is 4.90 Å². The van der Waals surface area contributed by atoms with E-state index in [4.69, 9.17) is 14.2 Å². The summed E-state index contributed by atoms with van der Waals surface area (Å²) in [6, 6.07) is 0. The van der Waals surface area contributed by atoms with Gasteiger partial charge >= 0.3 is 5.97 Å². The molecule has 2 aliphatic heterocycles. The van der Waals surface area contributed by atoms with Gasteiger partial charge in [0.1, 0.15) is 6.61 Å². The number of hydrogen-bond acceptors (Lipinski definition) is 5. The summed E-state index contributed by atoms with van der Waals surface area (Å²) >= 11 is 0. The second kappa shape index (κ2) is 7.20. The van der Waals surface area contributed by atoms with Crippen LogP contribution in [0.25, 0.3) is 0 Å². The Hall–Kier alpha value is -1.18. The van der Waals surface area contributed by atoms with Crippen molar-refractivity contribution in [3.8, 4) is 0 Å². The van der Waals surface area contributed by atoms with Crippen LogP contribution in [0.2, 0.25) is 0 Å². The van der Waals surface area contributed by atoms with Gasteiger partial charge in [0.2, 0.25) is 5.91 Å². The molecule has 2 fully saturated rings. The highest BCUT2D eigenvalue weighted by atomic mass is 16.5. The number of carbonyl (C=O) groups is 2. The fourth-order valence-electron chi connectivity index (χ4n) is 3.00. The van der Waals surface area contributed by atoms with Crippen molar-refractivity contribution in [3.63, 3.8) is 0 Å². The molecule has 2 heterocycles. The van der Waals surface area contributed by atoms with Gasteiger partial charge in [0.15, 0.2) is 0 Å². The van der Waals surface area contributed by atoms with E-state index >= 15 is 0 Å². The topological polar surface area (TPSA) is 85.3 Å². The molecule has 0 aromatic rings. The maximum Gasteiger partial charge on any atom is 0.311 e. The number of nitrogens with zero attached hydrogens (tertiary/aromatic N) is 1.